The summed E-state index contributed by atoms with van der Waals surface area (Å²) in [5, 5.41) is 3.11. The van der Waals surface area contributed by atoms with Gasteiger partial charge in [-0.05, 0) is 68.9 Å². The predicted octanol–water partition coefficient (Wildman–Crippen LogP) is 4.73. The van der Waals surface area contributed by atoms with E-state index in [2.05, 4.69) is 11.4 Å². The monoisotopic (exact) mass is 430 g/mol. The van der Waals surface area contributed by atoms with Gasteiger partial charge in [0.2, 0.25) is 15.9 Å². The third kappa shape index (κ3) is 5.42. The number of amides is 1. The molecule has 5 nitrogen and oxygen atoms in total. The molecule has 0 bridgehead atoms. The summed E-state index contributed by atoms with van der Waals surface area (Å²) in [6, 6.07) is 10.8. The molecule has 2 aromatic rings. The van der Waals surface area contributed by atoms with Gasteiger partial charge < -0.3 is 5.32 Å². The van der Waals surface area contributed by atoms with Gasteiger partial charge >= 0.3 is 0 Å². The van der Waals surface area contributed by atoms with Crippen molar-refractivity contribution in [2.24, 2.45) is 0 Å². The SMILES string of the molecule is CCC(NC(=O)C(CC)N(c1cc(C)ccc1C)S(C)(=O)=O)c1ccc(C)cc1C. The van der Waals surface area contributed by atoms with E-state index in [1.807, 2.05) is 71.9 Å². The Hall–Kier alpha value is -2.34. The van der Waals surface area contributed by atoms with E-state index >= 15 is 0 Å². The molecule has 0 saturated carbocycles. The highest BCUT2D eigenvalue weighted by Crippen LogP contribution is 2.28. The molecular weight excluding hydrogens is 396 g/mol. The average Bonchev–Trinajstić information content (AvgIpc) is 2.65. The molecule has 0 spiro atoms. The lowest BCUT2D eigenvalue weighted by Crippen LogP contribution is -2.50. The van der Waals surface area contributed by atoms with Crippen LogP contribution in [0.2, 0.25) is 0 Å². The fourth-order valence-electron chi connectivity index (χ4n) is 3.88. The quantitative estimate of drug-likeness (QED) is 0.658. The maximum atomic E-state index is 13.3. The van der Waals surface area contributed by atoms with E-state index in [0.717, 1.165) is 28.5 Å². The summed E-state index contributed by atoms with van der Waals surface area (Å²) < 4.78 is 26.8. The number of benzene rings is 2. The molecule has 2 aromatic carbocycles. The van der Waals surface area contributed by atoms with Gasteiger partial charge in [0.25, 0.3) is 0 Å². The van der Waals surface area contributed by atoms with E-state index in [1.54, 1.807) is 0 Å². The molecule has 0 fully saturated rings. The highest BCUT2D eigenvalue weighted by atomic mass is 32.2. The Morgan fingerprint density at radius 2 is 1.53 bits per heavy atom. The molecule has 2 unspecified atom stereocenters. The number of carbonyl (C=O) groups is 1. The minimum absolute atomic E-state index is 0.174. The number of nitrogens with one attached hydrogen (secondary N) is 1. The summed E-state index contributed by atoms with van der Waals surface area (Å²) >= 11 is 0. The van der Waals surface area contributed by atoms with Gasteiger partial charge in [0, 0.05) is 0 Å². The Morgan fingerprint density at radius 3 is 2.07 bits per heavy atom. The Labute approximate surface area is 181 Å². The summed E-state index contributed by atoms with van der Waals surface area (Å²) in [6.45, 7) is 11.7. The van der Waals surface area contributed by atoms with Crippen molar-refractivity contribution in [1.29, 1.82) is 0 Å². The number of anilines is 1. The fourth-order valence-corrected chi connectivity index (χ4v) is 5.14. The second-order valence-corrected chi connectivity index (χ2v) is 9.96. The van der Waals surface area contributed by atoms with Crippen LogP contribution in [0.4, 0.5) is 5.69 Å². The molecule has 1 amide bonds. The van der Waals surface area contributed by atoms with E-state index in [0.29, 0.717) is 18.5 Å². The Balaban J connectivity index is 2.43. The van der Waals surface area contributed by atoms with Gasteiger partial charge in [0.15, 0.2) is 0 Å². The zero-order valence-corrected chi connectivity index (χ0v) is 19.9. The van der Waals surface area contributed by atoms with E-state index in [4.69, 9.17) is 0 Å². The molecular formula is C24H34N2O3S. The van der Waals surface area contributed by atoms with Gasteiger partial charge in [-0.15, -0.1) is 0 Å². The number of carbonyl (C=O) groups excluding carboxylic acids is 1. The van der Waals surface area contributed by atoms with Crippen LogP contribution in [-0.2, 0) is 14.8 Å². The Bertz CT molecular complexity index is 1020. The lowest BCUT2D eigenvalue weighted by Gasteiger charge is -2.33. The summed E-state index contributed by atoms with van der Waals surface area (Å²) in [5.74, 6) is -0.282. The smallest absolute Gasteiger partial charge is 0.244 e. The van der Waals surface area contributed by atoms with Gasteiger partial charge in [-0.3, -0.25) is 9.10 Å². The molecule has 0 aliphatic heterocycles. The first-order chi connectivity index (χ1) is 14.0. The molecule has 0 aromatic heterocycles. The van der Waals surface area contributed by atoms with Gasteiger partial charge in [-0.1, -0.05) is 49.7 Å². The predicted molar refractivity (Wildman–Crippen MR) is 124 cm³/mol. The van der Waals surface area contributed by atoms with Crippen LogP contribution in [-0.4, -0.2) is 26.6 Å². The molecule has 0 heterocycles. The second kappa shape index (κ2) is 9.65. The molecule has 0 aliphatic rings. The minimum Gasteiger partial charge on any atom is -0.347 e. The van der Waals surface area contributed by atoms with Crippen LogP contribution in [0.3, 0.4) is 0 Å². The topological polar surface area (TPSA) is 66.5 Å². The number of rotatable bonds is 8. The zero-order chi connectivity index (χ0) is 22.6. The standard InChI is InChI=1S/C24H34N2O3S/c1-8-21(20-13-11-16(3)14-19(20)6)25-24(27)22(9-2)26(30(7,28)29)23-15-17(4)10-12-18(23)5/h10-15,21-22H,8-9H2,1-7H3,(H,25,27). The third-order valence-corrected chi connectivity index (χ3v) is 6.62. The summed E-state index contributed by atoms with van der Waals surface area (Å²) in [5.41, 5.74) is 5.66. The molecule has 164 valence electrons. The maximum absolute atomic E-state index is 13.3. The van der Waals surface area contributed by atoms with Crippen LogP contribution in [0.25, 0.3) is 0 Å². The first-order valence-corrected chi connectivity index (χ1v) is 12.3. The molecule has 0 radical (unpaired) electrons. The van der Waals surface area contributed by atoms with Crippen molar-refractivity contribution in [3.8, 4) is 0 Å². The molecule has 0 saturated heterocycles. The number of hydrogen-bond donors (Lipinski definition) is 1. The third-order valence-electron chi connectivity index (χ3n) is 5.46. The zero-order valence-electron chi connectivity index (χ0n) is 19.1. The van der Waals surface area contributed by atoms with Crippen molar-refractivity contribution >= 4 is 21.6 Å². The van der Waals surface area contributed by atoms with Crippen LogP contribution >= 0.6 is 0 Å². The number of nitrogens with zero attached hydrogens (tertiary/aromatic N) is 1. The molecule has 1 N–H and O–H groups in total. The van der Waals surface area contributed by atoms with Crippen LogP contribution in [0.5, 0.6) is 0 Å². The summed E-state index contributed by atoms with van der Waals surface area (Å²) in [7, 11) is -3.66. The van der Waals surface area contributed by atoms with E-state index in [-0.39, 0.29) is 11.9 Å². The second-order valence-electron chi connectivity index (χ2n) is 8.10. The molecule has 0 aliphatic carbocycles. The first kappa shape index (κ1) is 23.9. The van der Waals surface area contributed by atoms with Gasteiger partial charge in [0.05, 0.1) is 18.0 Å². The van der Waals surface area contributed by atoms with Gasteiger partial charge in [-0.2, -0.15) is 0 Å². The lowest BCUT2D eigenvalue weighted by atomic mass is 9.97. The van der Waals surface area contributed by atoms with Gasteiger partial charge in [-0.25, -0.2) is 8.42 Å². The largest absolute Gasteiger partial charge is 0.347 e. The average molecular weight is 431 g/mol. The first-order valence-electron chi connectivity index (χ1n) is 10.4. The van der Waals surface area contributed by atoms with Crippen molar-refractivity contribution in [3.05, 3.63) is 64.2 Å². The van der Waals surface area contributed by atoms with Crippen molar-refractivity contribution < 1.29 is 13.2 Å². The summed E-state index contributed by atoms with van der Waals surface area (Å²) in [4.78, 5) is 13.3. The van der Waals surface area contributed by atoms with E-state index in [1.165, 1.54) is 9.87 Å². The molecule has 6 heteroatoms. The fraction of sp³-hybridized carbons (Fsp3) is 0.458. The van der Waals surface area contributed by atoms with E-state index in [9.17, 15) is 13.2 Å². The highest BCUT2D eigenvalue weighted by molar-refractivity contribution is 7.92. The molecule has 2 atom stereocenters. The van der Waals surface area contributed by atoms with E-state index < -0.39 is 16.1 Å². The Kier molecular flexibility index (Phi) is 7.70. The van der Waals surface area contributed by atoms with Crippen LogP contribution in [0.1, 0.15) is 60.5 Å². The lowest BCUT2D eigenvalue weighted by molar-refractivity contribution is -0.123. The van der Waals surface area contributed by atoms with Crippen molar-refractivity contribution in [2.45, 2.75) is 66.5 Å². The number of hydrogen-bond acceptors (Lipinski definition) is 3. The maximum Gasteiger partial charge on any atom is 0.244 e. The number of aryl methyl sites for hydroxylation is 4. The molecule has 2 rings (SSSR count). The molecule has 30 heavy (non-hydrogen) atoms. The highest BCUT2D eigenvalue weighted by Gasteiger charge is 2.33. The van der Waals surface area contributed by atoms with Crippen LogP contribution in [0, 0.1) is 27.7 Å². The summed E-state index contributed by atoms with van der Waals surface area (Å²) in [6.07, 6.45) is 2.25. The normalized spacial score (nSPS) is 13.6. The van der Waals surface area contributed by atoms with Crippen LogP contribution < -0.4 is 9.62 Å². The van der Waals surface area contributed by atoms with Crippen molar-refractivity contribution in [3.63, 3.8) is 0 Å². The number of sulfonamides is 1. The van der Waals surface area contributed by atoms with Crippen molar-refractivity contribution in [1.82, 2.24) is 5.32 Å². The van der Waals surface area contributed by atoms with Crippen LogP contribution in [0.15, 0.2) is 36.4 Å². The Morgan fingerprint density at radius 1 is 0.933 bits per heavy atom. The van der Waals surface area contributed by atoms with Gasteiger partial charge in [0.1, 0.15) is 6.04 Å². The van der Waals surface area contributed by atoms with Crippen molar-refractivity contribution in [2.75, 3.05) is 10.6 Å². The minimum atomic E-state index is -3.66.